The molecule has 4 unspecified atom stereocenters. The number of carbonyl (C=O) groups excluding carboxylic acids is 4. The molecule has 2 aliphatic carbocycles. The number of ketones is 3. The summed E-state index contributed by atoms with van der Waals surface area (Å²) < 4.78 is 32.7. The summed E-state index contributed by atoms with van der Waals surface area (Å²) in [5, 5.41) is 31.8. The lowest BCUT2D eigenvalue weighted by Crippen LogP contribution is -2.71. The van der Waals surface area contributed by atoms with Gasteiger partial charge in [0.15, 0.2) is 23.1 Å². The zero-order valence-electron chi connectivity index (χ0n) is 18.1. The number of amides is 1. The number of hydrogen-bond acceptors (Lipinski definition) is 10. The van der Waals surface area contributed by atoms with Crippen LogP contribution in [0.4, 0.5) is 0 Å². The number of aliphatic hydroxyl groups is 1. The van der Waals surface area contributed by atoms with Crippen LogP contribution in [0.1, 0.15) is 15.9 Å². The van der Waals surface area contributed by atoms with Gasteiger partial charge in [-0.2, -0.15) is 8.42 Å². The highest BCUT2D eigenvalue weighted by Gasteiger charge is 2.66. The molecule has 1 amide bonds. The Hall–Kier alpha value is -3.10. The molecule has 12 nitrogen and oxygen atoms in total. The van der Waals surface area contributed by atoms with Gasteiger partial charge in [-0.3, -0.25) is 28.6 Å². The van der Waals surface area contributed by atoms with Crippen LogP contribution < -0.4 is 5.73 Å². The van der Waals surface area contributed by atoms with Crippen LogP contribution in [0.25, 0.3) is 10.8 Å². The SMILES string of the molecule is CN(C)C1C(=O)C(C(N)=O)C(=O)C2(O)C(=O)c3c(cc4c(Cl)cc(S(=O)(=O)O)c(O)c4c3O)CC12. The second kappa shape index (κ2) is 7.70. The highest BCUT2D eigenvalue weighted by atomic mass is 35.5. The number of phenols is 2. The number of primary amides is 1. The van der Waals surface area contributed by atoms with Crippen molar-refractivity contribution in [2.24, 2.45) is 17.6 Å². The first-order valence-corrected chi connectivity index (χ1v) is 11.8. The third-order valence-corrected chi connectivity index (χ3v) is 7.81. The van der Waals surface area contributed by atoms with E-state index in [-0.39, 0.29) is 22.4 Å². The minimum absolute atomic E-state index is 0.0422. The molecule has 6 N–H and O–H groups in total. The topological polar surface area (TPSA) is 213 Å². The molecule has 1 saturated carbocycles. The molecule has 4 rings (SSSR count). The van der Waals surface area contributed by atoms with Gasteiger partial charge in [-0.1, -0.05) is 11.6 Å². The van der Waals surface area contributed by atoms with Gasteiger partial charge in [0.1, 0.15) is 16.4 Å². The first-order valence-electron chi connectivity index (χ1n) is 10.0. The van der Waals surface area contributed by atoms with E-state index in [1.165, 1.54) is 25.1 Å². The zero-order valence-corrected chi connectivity index (χ0v) is 19.7. The molecule has 2 aromatic carbocycles. The van der Waals surface area contributed by atoms with E-state index in [1.807, 2.05) is 0 Å². The van der Waals surface area contributed by atoms with Gasteiger partial charge < -0.3 is 21.1 Å². The van der Waals surface area contributed by atoms with Gasteiger partial charge >= 0.3 is 0 Å². The fourth-order valence-corrected chi connectivity index (χ4v) is 6.06. The molecule has 1 fully saturated rings. The van der Waals surface area contributed by atoms with Crippen molar-refractivity contribution in [2.75, 3.05) is 14.1 Å². The number of fused-ring (bicyclic) bond motifs is 3. The monoisotopic (exact) mass is 526 g/mol. The van der Waals surface area contributed by atoms with Crippen LogP contribution in [0, 0.1) is 11.8 Å². The largest absolute Gasteiger partial charge is 0.506 e. The summed E-state index contributed by atoms with van der Waals surface area (Å²) in [5.74, 6) is -10.7. The molecule has 0 spiro atoms. The quantitative estimate of drug-likeness (QED) is 0.252. The molecule has 0 aliphatic heterocycles. The maximum atomic E-state index is 13.6. The van der Waals surface area contributed by atoms with E-state index in [9.17, 15) is 47.5 Å². The zero-order chi connectivity index (χ0) is 26.4. The number of carbonyl (C=O) groups is 4. The molecule has 0 bridgehead atoms. The Labute approximate surface area is 202 Å². The summed E-state index contributed by atoms with van der Waals surface area (Å²) in [6.07, 6.45) is -0.315. The number of nitrogens with two attached hydrogens (primary N) is 1. The molecule has 2 aliphatic rings. The maximum Gasteiger partial charge on any atom is 0.298 e. The summed E-state index contributed by atoms with van der Waals surface area (Å²) in [6, 6.07) is 0.699. The van der Waals surface area contributed by atoms with Crippen molar-refractivity contribution in [3.05, 3.63) is 28.3 Å². The van der Waals surface area contributed by atoms with Crippen LogP contribution in [0.5, 0.6) is 11.5 Å². The molecule has 14 heteroatoms. The second-order valence-corrected chi connectivity index (χ2v) is 10.6. The van der Waals surface area contributed by atoms with Crippen LogP contribution in [0.15, 0.2) is 17.0 Å². The van der Waals surface area contributed by atoms with E-state index in [4.69, 9.17) is 17.3 Å². The molecular weight excluding hydrogens is 508 g/mol. The lowest BCUT2D eigenvalue weighted by atomic mass is 9.58. The number of phenolic OH excluding ortho intramolecular Hbond substituents is 2. The van der Waals surface area contributed by atoms with Crippen molar-refractivity contribution in [3.8, 4) is 11.5 Å². The molecular formula is C21H19ClN2O10S. The third kappa shape index (κ3) is 3.27. The number of likely N-dealkylation sites (N-methyl/N-ethyl adjacent to an activating group) is 1. The predicted molar refractivity (Wildman–Crippen MR) is 119 cm³/mol. The number of nitrogens with zero attached hydrogens (tertiary/aromatic N) is 1. The van der Waals surface area contributed by atoms with E-state index >= 15 is 0 Å². The lowest BCUT2D eigenvalue weighted by Gasteiger charge is -2.48. The van der Waals surface area contributed by atoms with Crippen molar-refractivity contribution >= 4 is 55.7 Å². The third-order valence-electron chi connectivity index (χ3n) is 6.63. The summed E-state index contributed by atoms with van der Waals surface area (Å²) in [4.78, 5) is 51.9. The van der Waals surface area contributed by atoms with E-state index in [1.54, 1.807) is 0 Å². The van der Waals surface area contributed by atoms with Gasteiger partial charge in [-0.05, 0) is 38.2 Å². The van der Waals surface area contributed by atoms with Crippen LogP contribution in [0.3, 0.4) is 0 Å². The first-order chi connectivity index (χ1) is 16.0. The van der Waals surface area contributed by atoms with Gasteiger partial charge in [0, 0.05) is 11.3 Å². The molecule has 186 valence electrons. The molecule has 0 heterocycles. The average molecular weight is 527 g/mol. The minimum Gasteiger partial charge on any atom is -0.506 e. The highest BCUT2D eigenvalue weighted by molar-refractivity contribution is 7.86. The Balaban J connectivity index is 2.07. The lowest BCUT2D eigenvalue weighted by molar-refractivity contribution is -0.162. The Kier molecular flexibility index (Phi) is 5.50. The molecule has 0 saturated heterocycles. The minimum atomic E-state index is -5.01. The molecule has 0 radical (unpaired) electrons. The Morgan fingerprint density at radius 2 is 1.77 bits per heavy atom. The van der Waals surface area contributed by atoms with Crippen molar-refractivity contribution in [2.45, 2.75) is 23.0 Å². The number of Topliss-reactive ketones (excluding diaryl/α,β-unsaturated/α-hetero) is 3. The maximum absolute atomic E-state index is 13.6. The van der Waals surface area contributed by atoms with Crippen molar-refractivity contribution in [1.29, 1.82) is 0 Å². The number of benzene rings is 2. The smallest absolute Gasteiger partial charge is 0.298 e. The number of halogens is 1. The fraction of sp³-hybridized carbons (Fsp3) is 0.333. The van der Waals surface area contributed by atoms with Crippen LogP contribution in [0.2, 0.25) is 5.02 Å². The normalized spacial score (nSPS) is 26.7. The summed E-state index contributed by atoms with van der Waals surface area (Å²) in [5.41, 5.74) is 1.69. The molecule has 35 heavy (non-hydrogen) atoms. The van der Waals surface area contributed by atoms with E-state index in [0.29, 0.717) is 0 Å². The Morgan fingerprint density at radius 1 is 1.17 bits per heavy atom. The number of hydrogen-bond donors (Lipinski definition) is 5. The van der Waals surface area contributed by atoms with Gasteiger partial charge in [-0.25, -0.2) is 0 Å². The Bertz CT molecular complexity index is 1490. The standard InChI is InChI=1S/C21H19ClN2O10S/c1-24(2)14-8-4-6-3-7-9(22)5-10(35(32,33)34)15(25)12(7)16(26)11(6)18(28)21(8,31)19(29)13(17(14)27)20(23)30/h3,5,8,13-14,25-26,31H,4H2,1-2H3,(H2,23,30)(H,32,33,34). The van der Waals surface area contributed by atoms with E-state index in [0.717, 1.165) is 6.07 Å². The van der Waals surface area contributed by atoms with Gasteiger partial charge in [0.25, 0.3) is 10.1 Å². The van der Waals surface area contributed by atoms with Gasteiger partial charge in [0.05, 0.1) is 22.0 Å². The van der Waals surface area contributed by atoms with Crippen LogP contribution in [-0.4, -0.2) is 82.2 Å². The highest BCUT2D eigenvalue weighted by Crippen LogP contribution is 2.50. The fourth-order valence-electron chi connectivity index (χ4n) is 5.13. The van der Waals surface area contributed by atoms with Crippen LogP contribution in [-0.2, 0) is 30.9 Å². The molecule has 4 atom stereocenters. The average Bonchev–Trinajstić information content (AvgIpc) is 2.71. The summed E-state index contributed by atoms with van der Waals surface area (Å²) in [6.45, 7) is 0. The van der Waals surface area contributed by atoms with Crippen LogP contribution >= 0.6 is 11.6 Å². The molecule has 0 aromatic heterocycles. The van der Waals surface area contributed by atoms with Gasteiger partial charge in [-0.15, -0.1) is 0 Å². The summed E-state index contributed by atoms with van der Waals surface area (Å²) >= 11 is 6.14. The van der Waals surface area contributed by atoms with Gasteiger partial charge in [0.2, 0.25) is 11.7 Å². The first kappa shape index (κ1) is 25.0. The number of aromatic hydroxyl groups is 2. The number of rotatable bonds is 3. The molecule has 2 aromatic rings. The van der Waals surface area contributed by atoms with E-state index in [2.05, 4.69) is 0 Å². The second-order valence-electron chi connectivity index (χ2n) is 8.78. The summed E-state index contributed by atoms with van der Waals surface area (Å²) in [7, 11) is -2.12. The van der Waals surface area contributed by atoms with Crippen molar-refractivity contribution in [1.82, 2.24) is 4.90 Å². The van der Waals surface area contributed by atoms with E-state index < -0.39 is 84.2 Å². The van der Waals surface area contributed by atoms with Crippen molar-refractivity contribution < 1.29 is 47.5 Å². The van der Waals surface area contributed by atoms with Crippen molar-refractivity contribution in [3.63, 3.8) is 0 Å². The predicted octanol–water partition coefficient (Wildman–Crippen LogP) is -0.579. The Morgan fingerprint density at radius 3 is 2.29 bits per heavy atom.